The SMILES string of the molecule is CC.CC.CC(C)c1noc(-c2cocn2)n1. The summed E-state index contributed by atoms with van der Waals surface area (Å²) in [6, 6.07) is 0. The number of oxazole rings is 1. The van der Waals surface area contributed by atoms with Crippen molar-refractivity contribution in [3.8, 4) is 11.6 Å². The standard InChI is InChI=1S/C8H9N3O2.2C2H6/c1-5(2)7-10-8(13-11-7)6-3-12-4-9-6;2*1-2/h3-5H,1-2H3;2*1-2H3. The second-order valence-electron chi connectivity index (χ2n) is 2.99. The van der Waals surface area contributed by atoms with Crippen molar-refractivity contribution < 1.29 is 8.94 Å². The van der Waals surface area contributed by atoms with Gasteiger partial charge in [-0.2, -0.15) is 4.98 Å². The van der Waals surface area contributed by atoms with E-state index in [4.69, 9.17) is 8.94 Å². The lowest BCUT2D eigenvalue weighted by Gasteiger charge is -1.91. The van der Waals surface area contributed by atoms with Crippen LogP contribution in [-0.2, 0) is 0 Å². The molecule has 0 spiro atoms. The molecule has 0 bridgehead atoms. The van der Waals surface area contributed by atoms with Gasteiger partial charge in [-0.15, -0.1) is 0 Å². The largest absolute Gasteiger partial charge is 0.451 e. The van der Waals surface area contributed by atoms with Crippen molar-refractivity contribution in [1.29, 1.82) is 0 Å². The highest BCUT2D eigenvalue weighted by atomic mass is 16.5. The predicted molar refractivity (Wildman–Crippen MR) is 66.6 cm³/mol. The van der Waals surface area contributed by atoms with E-state index < -0.39 is 0 Å². The molecule has 17 heavy (non-hydrogen) atoms. The molecule has 0 N–H and O–H groups in total. The van der Waals surface area contributed by atoms with Crippen molar-refractivity contribution in [2.24, 2.45) is 0 Å². The summed E-state index contributed by atoms with van der Waals surface area (Å²) in [6.07, 6.45) is 2.80. The molecular weight excluding hydrogens is 218 g/mol. The van der Waals surface area contributed by atoms with Crippen molar-refractivity contribution in [3.05, 3.63) is 18.5 Å². The zero-order valence-electron chi connectivity index (χ0n) is 11.4. The van der Waals surface area contributed by atoms with E-state index in [2.05, 4.69) is 15.1 Å². The Balaban J connectivity index is 0.000000581. The van der Waals surface area contributed by atoms with Gasteiger partial charge in [0.05, 0.1) is 0 Å². The van der Waals surface area contributed by atoms with Gasteiger partial charge >= 0.3 is 0 Å². The topological polar surface area (TPSA) is 65.0 Å². The van der Waals surface area contributed by atoms with E-state index in [1.165, 1.54) is 12.7 Å². The maximum atomic E-state index is 4.99. The van der Waals surface area contributed by atoms with Gasteiger partial charge in [0.25, 0.3) is 5.89 Å². The van der Waals surface area contributed by atoms with Gasteiger partial charge in [0, 0.05) is 5.92 Å². The smallest absolute Gasteiger partial charge is 0.279 e. The van der Waals surface area contributed by atoms with Gasteiger partial charge in [-0.1, -0.05) is 46.7 Å². The van der Waals surface area contributed by atoms with Crippen molar-refractivity contribution in [3.63, 3.8) is 0 Å². The molecule has 2 aromatic heterocycles. The third-order valence-corrected chi connectivity index (χ3v) is 1.61. The second-order valence-corrected chi connectivity index (χ2v) is 2.99. The van der Waals surface area contributed by atoms with E-state index in [9.17, 15) is 0 Å². The molecule has 96 valence electrons. The maximum absolute atomic E-state index is 4.99. The van der Waals surface area contributed by atoms with Crippen LogP contribution in [0.1, 0.15) is 53.3 Å². The fourth-order valence-electron chi connectivity index (χ4n) is 0.892. The Morgan fingerprint density at radius 1 is 1.12 bits per heavy atom. The highest BCUT2D eigenvalue weighted by Gasteiger charge is 2.12. The van der Waals surface area contributed by atoms with Gasteiger partial charge in [0.2, 0.25) is 0 Å². The van der Waals surface area contributed by atoms with Crippen LogP contribution >= 0.6 is 0 Å². The minimum absolute atomic E-state index is 0.254. The monoisotopic (exact) mass is 239 g/mol. The summed E-state index contributed by atoms with van der Waals surface area (Å²) in [7, 11) is 0. The minimum Gasteiger partial charge on any atom is -0.451 e. The molecule has 2 aromatic rings. The van der Waals surface area contributed by atoms with E-state index in [1.54, 1.807) is 0 Å². The minimum atomic E-state index is 0.254. The second kappa shape index (κ2) is 8.50. The summed E-state index contributed by atoms with van der Waals surface area (Å²) in [5.74, 6) is 1.33. The molecule has 0 fully saturated rings. The van der Waals surface area contributed by atoms with E-state index >= 15 is 0 Å². The molecule has 0 aliphatic carbocycles. The quantitative estimate of drug-likeness (QED) is 0.795. The maximum Gasteiger partial charge on any atom is 0.279 e. The zero-order chi connectivity index (χ0) is 13.3. The van der Waals surface area contributed by atoms with E-state index in [0.29, 0.717) is 17.4 Å². The van der Waals surface area contributed by atoms with Crippen LogP contribution in [0, 0.1) is 0 Å². The lowest BCUT2D eigenvalue weighted by molar-refractivity contribution is 0.418. The predicted octanol–water partition coefficient (Wildman–Crippen LogP) is 3.90. The fraction of sp³-hybridized carbons (Fsp3) is 0.583. The van der Waals surface area contributed by atoms with Crippen molar-refractivity contribution in [2.75, 3.05) is 0 Å². The Hall–Kier alpha value is -1.65. The molecule has 5 heteroatoms. The lowest BCUT2D eigenvalue weighted by Crippen LogP contribution is -1.89. The molecule has 0 amide bonds. The Labute approximate surface area is 102 Å². The van der Waals surface area contributed by atoms with Gasteiger partial charge in [-0.25, -0.2) is 4.98 Å². The van der Waals surface area contributed by atoms with Gasteiger partial charge in [-0.05, 0) is 0 Å². The third kappa shape index (κ3) is 4.38. The van der Waals surface area contributed by atoms with Crippen LogP contribution in [-0.4, -0.2) is 15.1 Å². The lowest BCUT2D eigenvalue weighted by atomic mass is 10.2. The number of hydrogen-bond donors (Lipinski definition) is 0. The molecule has 0 saturated heterocycles. The number of hydrogen-bond acceptors (Lipinski definition) is 5. The number of nitrogens with zero attached hydrogens (tertiary/aromatic N) is 3. The average molecular weight is 239 g/mol. The summed E-state index contributed by atoms with van der Waals surface area (Å²) in [5.41, 5.74) is 0.569. The Bertz CT molecular complexity index is 380. The first-order chi connectivity index (χ1) is 8.27. The molecule has 0 saturated carbocycles. The first-order valence-corrected chi connectivity index (χ1v) is 5.99. The summed E-state index contributed by atoms with van der Waals surface area (Å²) in [5, 5.41) is 3.80. The summed E-state index contributed by atoms with van der Waals surface area (Å²) in [6.45, 7) is 12.0. The van der Waals surface area contributed by atoms with Gasteiger partial charge in [0.1, 0.15) is 6.26 Å². The molecule has 2 rings (SSSR count). The van der Waals surface area contributed by atoms with Crippen LogP contribution in [0.25, 0.3) is 11.6 Å². The van der Waals surface area contributed by atoms with Gasteiger partial charge in [0.15, 0.2) is 17.9 Å². The highest BCUT2D eigenvalue weighted by molar-refractivity contribution is 5.42. The molecule has 2 heterocycles. The molecule has 0 aliphatic heterocycles. The van der Waals surface area contributed by atoms with Crippen molar-refractivity contribution in [2.45, 2.75) is 47.5 Å². The molecule has 0 aromatic carbocycles. The number of rotatable bonds is 2. The normalized spacial score (nSPS) is 9.12. The van der Waals surface area contributed by atoms with Gasteiger partial charge in [-0.3, -0.25) is 0 Å². The first-order valence-electron chi connectivity index (χ1n) is 5.99. The molecule has 5 nitrogen and oxygen atoms in total. The molecule has 0 unspecified atom stereocenters. The highest BCUT2D eigenvalue weighted by Crippen LogP contribution is 2.17. The van der Waals surface area contributed by atoms with Crippen molar-refractivity contribution >= 4 is 0 Å². The fourth-order valence-corrected chi connectivity index (χ4v) is 0.892. The van der Waals surface area contributed by atoms with Crippen LogP contribution in [0.5, 0.6) is 0 Å². The van der Waals surface area contributed by atoms with Crippen LogP contribution in [0.4, 0.5) is 0 Å². The summed E-state index contributed by atoms with van der Waals surface area (Å²) in [4.78, 5) is 8.05. The molecular formula is C12H21N3O2. The van der Waals surface area contributed by atoms with E-state index in [0.717, 1.165) is 0 Å². The van der Waals surface area contributed by atoms with E-state index in [1.807, 2.05) is 41.5 Å². The van der Waals surface area contributed by atoms with Crippen LogP contribution in [0.15, 0.2) is 21.6 Å². The zero-order valence-corrected chi connectivity index (χ0v) is 11.4. The molecule has 0 atom stereocenters. The summed E-state index contributed by atoms with van der Waals surface area (Å²) < 4.78 is 9.79. The Morgan fingerprint density at radius 3 is 2.18 bits per heavy atom. The molecule has 0 aliphatic rings. The Kier molecular flexibility index (Phi) is 7.67. The average Bonchev–Trinajstić information content (AvgIpc) is 3.05. The van der Waals surface area contributed by atoms with Crippen LogP contribution in [0.2, 0.25) is 0 Å². The van der Waals surface area contributed by atoms with Gasteiger partial charge < -0.3 is 8.94 Å². The third-order valence-electron chi connectivity index (χ3n) is 1.61. The van der Waals surface area contributed by atoms with E-state index in [-0.39, 0.29) is 5.92 Å². The first kappa shape index (κ1) is 15.3. The van der Waals surface area contributed by atoms with Crippen LogP contribution in [0.3, 0.4) is 0 Å². The summed E-state index contributed by atoms with van der Waals surface area (Å²) >= 11 is 0. The van der Waals surface area contributed by atoms with Crippen molar-refractivity contribution in [1.82, 2.24) is 15.1 Å². The van der Waals surface area contributed by atoms with Crippen LogP contribution < -0.4 is 0 Å². The number of aromatic nitrogens is 3. The Morgan fingerprint density at radius 2 is 1.76 bits per heavy atom. The molecule has 0 radical (unpaired) electrons.